The maximum atomic E-state index is 13.3. The molecule has 0 aromatic heterocycles. The van der Waals surface area contributed by atoms with Gasteiger partial charge in [0.1, 0.15) is 17.4 Å². The summed E-state index contributed by atoms with van der Waals surface area (Å²) in [5, 5.41) is 12.6. The number of ether oxygens (including phenoxy) is 2. The maximum absolute atomic E-state index is 13.3. The number of benzene rings is 2. The van der Waals surface area contributed by atoms with Crippen molar-refractivity contribution < 1.29 is 28.2 Å². The van der Waals surface area contributed by atoms with Crippen LogP contribution in [0.3, 0.4) is 0 Å². The summed E-state index contributed by atoms with van der Waals surface area (Å²) in [5.41, 5.74) is 0.0912. The standard InChI is InChI=1S/C24H29F2NO4/c1-24(2,23(28)29)31-22-5-3-4-20(13-22)27-14-16-6-8-21(9-7-16)30-15-17-10-18(25)12-19(26)11-17/h3-5,10-13,16,21,27H,6-9,14-15H2,1-2H3,(H,28,29). The van der Waals surface area contributed by atoms with Crippen molar-refractivity contribution in [2.24, 2.45) is 5.92 Å². The molecule has 0 aliphatic heterocycles. The lowest BCUT2D eigenvalue weighted by Gasteiger charge is -2.29. The van der Waals surface area contributed by atoms with E-state index in [1.165, 1.54) is 26.0 Å². The molecular weight excluding hydrogens is 404 g/mol. The molecule has 1 saturated carbocycles. The van der Waals surface area contributed by atoms with Crippen LogP contribution in [0, 0.1) is 17.6 Å². The van der Waals surface area contributed by atoms with Crippen molar-refractivity contribution in [1.29, 1.82) is 0 Å². The number of carbonyl (C=O) groups is 1. The van der Waals surface area contributed by atoms with Crippen molar-refractivity contribution in [3.8, 4) is 5.75 Å². The normalized spacial score (nSPS) is 19.1. The molecule has 31 heavy (non-hydrogen) atoms. The van der Waals surface area contributed by atoms with Crippen molar-refractivity contribution >= 4 is 11.7 Å². The van der Waals surface area contributed by atoms with Crippen LogP contribution in [0.2, 0.25) is 0 Å². The second-order valence-corrected chi connectivity index (χ2v) is 8.56. The molecule has 168 valence electrons. The summed E-state index contributed by atoms with van der Waals surface area (Å²) < 4.78 is 38.0. The van der Waals surface area contributed by atoms with E-state index in [2.05, 4.69) is 5.32 Å². The van der Waals surface area contributed by atoms with Crippen LogP contribution >= 0.6 is 0 Å². The van der Waals surface area contributed by atoms with Crippen molar-refractivity contribution in [1.82, 2.24) is 0 Å². The highest BCUT2D eigenvalue weighted by molar-refractivity contribution is 5.76. The fourth-order valence-corrected chi connectivity index (χ4v) is 3.68. The molecule has 1 aliphatic rings. The molecule has 0 heterocycles. The van der Waals surface area contributed by atoms with Gasteiger partial charge in [0.05, 0.1) is 12.7 Å². The summed E-state index contributed by atoms with van der Waals surface area (Å²) in [4.78, 5) is 11.2. The minimum Gasteiger partial charge on any atom is -0.478 e. The second-order valence-electron chi connectivity index (χ2n) is 8.56. The van der Waals surface area contributed by atoms with Crippen molar-refractivity contribution in [2.45, 2.75) is 57.8 Å². The highest BCUT2D eigenvalue weighted by Gasteiger charge is 2.29. The Morgan fingerprint density at radius 1 is 1.10 bits per heavy atom. The third kappa shape index (κ3) is 6.92. The van der Waals surface area contributed by atoms with E-state index in [1.807, 2.05) is 12.1 Å². The van der Waals surface area contributed by atoms with Crippen LogP contribution in [0.5, 0.6) is 5.75 Å². The number of aliphatic carboxylic acids is 1. The van der Waals surface area contributed by atoms with Gasteiger partial charge in [0.15, 0.2) is 5.60 Å². The molecule has 0 saturated heterocycles. The summed E-state index contributed by atoms with van der Waals surface area (Å²) in [7, 11) is 0. The van der Waals surface area contributed by atoms with Crippen LogP contribution in [0.15, 0.2) is 42.5 Å². The van der Waals surface area contributed by atoms with Gasteiger partial charge < -0.3 is 19.9 Å². The van der Waals surface area contributed by atoms with E-state index in [-0.39, 0.29) is 12.7 Å². The summed E-state index contributed by atoms with van der Waals surface area (Å²) in [6, 6.07) is 10.8. The van der Waals surface area contributed by atoms with E-state index in [9.17, 15) is 18.7 Å². The molecule has 2 N–H and O–H groups in total. The number of carboxylic acids is 1. The van der Waals surface area contributed by atoms with Gasteiger partial charge in [0.2, 0.25) is 0 Å². The molecule has 0 atom stereocenters. The van der Waals surface area contributed by atoms with Crippen LogP contribution in [-0.4, -0.2) is 29.3 Å². The average molecular weight is 433 g/mol. The van der Waals surface area contributed by atoms with Crippen LogP contribution in [0.4, 0.5) is 14.5 Å². The molecule has 2 aromatic carbocycles. The van der Waals surface area contributed by atoms with Gasteiger partial charge in [-0.1, -0.05) is 6.07 Å². The molecule has 0 unspecified atom stereocenters. The largest absolute Gasteiger partial charge is 0.478 e. The Kier molecular flexibility index (Phi) is 7.49. The highest BCUT2D eigenvalue weighted by Crippen LogP contribution is 2.28. The number of anilines is 1. The van der Waals surface area contributed by atoms with Gasteiger partial charge in [-0.05, 0) is 75.3 Å². The molecule has 3 rings (SSSR count). The fraction of sp³-hybridized carbons (Fsp3) is 0.458. The molecule has 0 bridgehead atoms. The molecule has 0 spiro atoms. The molecule has 5 nitrogen and oxygen atoms in total. The topological polar surface area (TPSA) is 67.8 Å². The zero-order chi connectivity index (χ0) is 22.4. The van der Waals surface area contributed by atoms with Crippen molar-refractivity contribution in [2.75, 3.05) is 11.9 Å². The predicted molar refractivity (Wildman–Crippen MR) is 114 cm³/mol. The Labute approximate surface area is 181 Å². The molecule has 0 amide bonds. The number of nitrogens with one attached hydrogen (secondary N) is 1. The van der Waals surface area contributed by atoms with Gasteiger partial charge in [-0.2, -0.15) is 0 Å². The molecule has 7 heteroatoms. The van der Waals surface area contributed by atoms with E-state index in [4.69, 9.17) is 9.47 Å². The minimum absolute atomic E-state index is 0.0950. The molecule has 0 radical (unpaired) electrons. The number of hydrogen-bond donors (Lipinski definition) is 2. The number of halogens is 2. The average Bonchev–Trinajstić information content (AvgIpc) is 2.71. The zero-order valence-electron chi connectivity index (χ0n) is 17.9. The number of hydrogen-bond acceptors (Lipinski definition) is 4. The van der Waals surface area contributed by atoms with Crippen LogP contribution < -0.4 is 10.1 Å². The Morgan fingerprint density at radius 2 is 1.77 bits per heavy atom. The second kappa shape index (κ2) is 10.1. The van der Waals surface area contributed by atoms with E-state index in [0.29, 0.717) is 17.2 Å². The first-order valence-electron chi connectivity index (χ1n) is 10.5. The zero-order valence-corrected chi connectivity index (χ0v) is 17.9. The van der Waals surface area contributed by atoms with Gasteiger partial charge in [-0.25, -0.2) is 13.6 Å². The fourth-order valence-electron chi connectivity index (χ4n) is 3.68. The lowest BCUT2D eigenvalue weighted by atomic mass is 9.87. The van der Waals surface area contributed by atoms with E-state index >= 15 is 0 Å². The summed E-state index contributed by atoms with van der Waals surface area (Å²) >= 11 is 0. The molecule has 1 aliphatic carbocycles. The predicted octanol–water partition coefficient (Wildman–Crippen LogP) is 5.39. The summed E-state index contributed by atoms with van der Waals surface area (Å²) in [6.45, 7) is 4.04. The number of rotatable bonds is 9. The number of carboxylic acid groups (broad SMARTS) is 1. The molecular formula is C24H29F2NO4. The van der Waals surface area contributed by atoms with E-state index in [1.54, 1.807) is 12.1 Å². The van der Waals surface area contributed by atoms with Crippen LogP contribution in [0.25, 0.3) is 0 Å². The van der Waals surface area contributed by atoms with Crippen LogP contribution in [0.1, 0.15) is 45.1 Å². The Hall–Kier alpha value is -2.67. The monoisotopic (exact) mass is 433 g/mol. The Balaban J connectivity index is 1.42. The Bertz CT molecular complexity index is 875. The third-order valence-corrected chi connectivity index (χ3v) is 5.52. The lowest BCUT2D eigenvalue weighted by Crippen LogP contribution is -2.37. The highest BCUT2D eigenvalue weighted by atomic mass is 19.1. The third-order valence-electron chi connectivity index (χ3n) is 5.52. The van der Waals surface area contributed by atoms with Crippen molar-refractivity contribution in [3.05, 3.63) is 59.7 Å². The summed E-state index contributed by atoms with van der Waals surface area (Å²) in [5.74, 6) is -1.20. The van der Waals surface area contributed by atoms with Gasteiger partial charge in [-0.15, -0.1) is 0 Å². The van der Waals surface area contributed by atoms with E-state index < -0.39 is 23.2 Å². The van der Waals surface area contributed by atoms with Crippen molar-refractivity contribution in [3.63, 3.8) is 0 Å². The SMILES string of the molecule is CC(C)(Oc1cccc(NCC2CCC(OCc3cc(F)cc(F)c3)CC2)c1)C(=O)O. The molecule has 1 fully saturated rings. The first kappa shape index (κ1) is 23.0. The maximum Gasteiger partial charge on any atom is 0.347 e. The van der Waals surface area contributed by atoms with Gasteiger partial charge in [0, 0.05) is 24.4 Å². The summed E-state index contributed by atoms with van der Waals surface area (Å²) in [6.07, 6.45) is 3.90. The van der Waals surface area contributed by atoms with Gasteiger partial charge in [0.25, 0.3) is 0 Å². The Morgan fingerprint density at radius 3 is 2.42 bits per heavy atom. The van der Waals surface area contributed by atoms with Crippen LogP contribution in [-0.2, 0) is 16.1 Å². The van der Waals surface area contributed by atoms with Gasteiger partial charge >= 0.3 is 5.97 Å². The minimum atomic E-state index is -1.30. The lowest BCUT2D eigenvalue weighted by molar-refractivity contribution is -0.152. The smallest absolute Gasteiger partial charge is 0.347 e. The molecule has 2 aromatic rings. The first-order chi connectivity index (χ1) is 14.7. The van der Waals surface area contributed by atoms with E-state index in [0.717, 1.165) is 44.0 Å². The quantitative estimate of drug-likeness (QED) is 0.555. The first-order valence-corrected chi connectivity index (χ1v) is 10.5. The van der Waals surface area contributed by atoms with Gasteiger partial charge in [-0.3, -0.25) is 0 Å².